The molecule has 0 saturated heterocycles. The number of amides is 1. The summed E-state index contributed by atoms with van der Waals surface area (Å²) in [5.74, 6) is 0.317. The third-order valence-corrected chi connectivity index (χ3v) is 3.26. The minimum atomic E-state index is -0.229. The predicted molar refractivity (Wildman–Crippen MR) is 63.7 cm³/mol. The lowest BCUT2D eigenvalue weighted by Crippen LogP contribution is -2.46. The molecular weight excluding hydrogens is 186 g/mol. The third kappa shape index (κ3) is 3.22. The van der Waals surface area contributed by atoms with Gasteiger partial charge in [0, 0.05) is 18.0 Å². The highest BCUT2D eigenvalue weighted by molar-refractivity contribution is 5.81. The van der Waals surface area contributed by atoms with E-state index in [9.17, 15) is 4.79 Å². The first kappa shape index (κ1) is 12.5. The molecule has 0 aromatic rings. The Labute approximate surface area is 94.0 Å². The van der Waals surface area contributed by atoms with E-state index < -0.39 is 0 Å². The number of hydrogen-bond acceptors (Lipinski definition) is 1. The summed E-state index contributed by atoms with van der Waals surface area (Å²) >= 11 is 0. The van der Waals surface area contributed by atoms with Gasteiger partial charge in [0.1, 0.15) is 0 Å². The largest absolute Gasteiger partial charge is 0.340 e. The van der Waals surface area contributed by atoms with Gasteiger partial charge in [-0.3, -0.25) is 4.79 Å². The second-order valence-corrected chi connectivity index (χ2v) is 5.63. The summed E-state index contributed by atoms with van der Waals surface area (Å²) in [5, 5.41) is 0. The van der Waals surface area contributed by atoms with Crippen LogP contribution in [0.4, 0.5) is 0 Å². The zero-order valence-electron chi connectivity index (χ0n) is 10.7. The maximum atomic E-state index is 12.2. The van der Waals surface area contributed by atoms with Crippen LogP contribution in [0.15, 0.2) is 0 Å². The van der Waals surface area contributed by atoms with Gasteiger partial charge in [0.15, 0.2) is 0 Å². The van der Waals surface area contributed by atoms with E-state index in [-0.39, 0.29) is 5.41 Å². The summed E-state index contributed by atoms with van der Waals surface area (Å²) < 4.78 is 0. The molecule has 0 spiro atoms. The molecule has 1 rings (SSSR count). The van der Waals surface area contributed by atoms with Crippen LogP contribution in [0.25, 0.3) is 0 Å². The van der Waals surface area contributed by atoms with Crippen molar-refractivity contribution in [2.75, 3.05) is 6.54 Å². The van der Waals surface area contributed by atoms with E-state index in [1.54, 1.807) is 0 Å². The van der Waals surface area contributed by atoms with E-state index in [0.29, 0.717) is 11.9 Å². The van der Waals surface area contributed by atoms with Crippen LogP contribution in [-0.4, -0.2) is 23.4 Å². The van der Waals surface area contributed by atoms with E-state index >= 15 is 0 Å². The SMILES string of the molecule is CCN(C(=O)C(C)(C)C)C1CCCCC1. The molecule has 1 aliphatic rings. The highest BCUT2D eigenvalue weighted by Gasteiger charge is 2.31. The molecule has 0 aromatic heterocycles. The van der Waals surface area contributed by atoms with Gasteiger partial charge in [-0.1, -0.05) is 40.0 Å². The molecule has 1 amide bonds. The van der Waals surface area contributed by atoms with Gasteiger partial charge in [0.25, 0.3) is 0 Å². The monoisotopic (exact) mass is 211 g/mol. The van der Waals surface area contributed by atoms with Crippen molar-refractivity contribution in [3.63, 3.8) is 0 Å². The Bertz CT molecular complexity index is 211. The molecule has 1 fully saturated rings. The molecule has 0 atom stereocenters. The fraction of sp³-hybridized carbons (Fsp3) is 0.923. The van der Waals surface area contributed by atoms with Crippen molar-refractivity contribution in [2.45, 2.75) is 65.8 Å². The molecule has 0 N–H and O–H groups in total. The second-order valence-electron chi connectivity index (χ2n) is 5.63. The highest BCUT2D eigenvalue weighted by atomic mass is 16.2. The molecule has 15 heavy (non-hydrogen) atoms. The standard InChI is InChI=1S/C13H25NO/c1-5-14(12(15)13(2,3)4)11-9-7-6-8-10-11/h11H,5-10H2,1-4H3. The Morgan fingerprint density at radius 2 is 1.73 bits per heavy atom. The molecule has 1 aliphatic carbocycles. The van der Waals surface area contributed by atoms with Crippen molar-refractivity contribution < 1.29 is 4.79 Å². The lowest BCUT2D eigenvalue weighted by atomic mass is 9.89. The molecule has 0 unspecified atom stereocenters. The Balaban J connectivity index is 2.65. The first-order chi connectivity index (χ1) is 6.96. The molecule has 2 heteroatoms. The van der Waals surface area contributed by atoms with Crippen molar-refractivity contribution in [1.82, 2.24) is 4.90 Å². The molecule has 88 valence electrons. The first-order valence-corrected chi connectivity index (χ1v) is 6.28. The zero-order valence-corrected chi connectivity index (χ0v) is 10.7. The molecule has 0 radical (unpaired) electrons. The maximum Gasteiger partial charge on any atom is 0.228 e. The van der Waals surface area contributed by atoms with Crippen LogP contribution in [-0.2, 0) is 4.79 Å². The van der Waals surface area contributed by atoms with Gasteiger partial charge in [-0.15, -0.1) is 0 Å². The fourth-order valence-electron chi connectivity index (χ4n) is 2.39. The lowest BCUT2D eigenvalue weighted by molar-refractivity contribution is -0.142. The molecule has 0 aromatic carbocycles. The van der Waals surface area contributed by atoms with Gasteiger partial charge in [-0.2, -0.15) is 0 Å². The molecular formula is C13H25NO. The molecule has 2 nitrogen and oxygen atoms in total. The van der Waals surface area contributed by atoms with Crippen LogP contribution in [0, 0.1) is 5.41 Å². The van der Waals surface area contributed by atoms with Crippen LogP contribution >= 0.6 is 0 Å². The topological polar surface area (TPSA) is 20.3 Å². The van der Waals surface area contributed by atoms with E-state index in [0.717, 1.165) is 6.54 Å². The van der Waals surface area contributed by atoms with Crippen molar-refractivity contribution >= 4 is 5.91 Å². The summed E-state index contributed by atoms with van der Waals surface area (Å²) in [6.07, 6.45) is 6.33. The van der Waals surface area contributed by atoms with E-state index in [1.165, 1.54) is 32.1 Å². The number of hydrogen-bond donors (Lipinski definition) is 0. The van der Waals surface area contributed by atoms with Gasteiger partial charge in [-0.05, 0) is 19.8 Å². The molecule has 0 heterocycles. The Morgan fingerprint density at radius 1 is 1.20 bits per heavy atom. The minimum absolute atomic E-state index is 0.229. The second kappa shape index (κ2) is 5.00. The van der Waals surface area contributed by atoms with Gasteiger partial charge in [0.2, 0.25) is 5.91 Å². The van der Waals surface area contributed by atoms with Crippen molar-refractivity contribution in [1.29, 1.82) is 0 Å². The van der Waals surface area contributed by atoms with Crippen molar-refractivity contribution in [3.05, 3.63) is 0 Å². The number of rotatable bonds is 2. The Hall–Kier alpha value is -0.530. The summed E-state index contributed by atoms with van der Waals surface area (Å²) in [7, 11) is 0. The third-order valence-electron chi connectivity index (χ3n) is 3.26. The molecule has 0 aliphatic heterocycles. The normalized spacial score (nSPS) is 18.9. The van der Waals surface area contributed by atoms with Gasteiger partial charge in [-0.25, -0.2) is 0 Å². The van der Waals surface area contributed by atoms with Crippen LogP contribution in [0.5, 0.6) is 0 Å². The van der Waals surface area contributed by atoms with E-state index in [2.05, 4.69) is 11.8 Å². The smallest absolute Gasteiger partial charge is 0.228 e. The van der Waals surface area contributed by atoms with Crippen molar-refractivity contribution in [2.24, 2.45) is 5.41 Å². The number of carbonyl (C=O) groups excluding carboxylic acids is 1. The molecule has 1 saturated carbocycles. The van der Waals surface area contributed by atoms with E-state index in [4.69, 9.17) is 0 Å². The predicted octanol–water partition coefficient (Wildman–Crippen LogP) is 3.21. The molecule has 0 bridgehead atoms. The average Bonchev–Trinajstić information content (AvgIpc) is 2.19. The Morgan fingerprint density at radius 3 is 2.13 bits per heavy atom. The minimum Gasteiger partial charge on any atom is -0.340 e. The zero-order chi connectivity index (χ0) is 11.5. The van der Waals surface area contributed by atoms with Crippen LogP contribution in [0.3, 0.4) is 0 Å². The van der Waals surface area contributed by atoms with Gasteiger partial charge >= 0.3 is 0 Å². The van der Waals surface area contributed by atoms with Crippen LogP contribution in [0.1, 0.15) is 59.8 Å². The van der Waals surface area contributed by atoms with Gasteiger partial charge in [0.05, 0.1) is 0 Å². The number of carbonyl (C=O) groups is 1. The summed E-state index contributed by atoms with van der Waals surface area (Å²) in [4.78, 5) is 14.3. The Kier molecular flexibility index (Phi) is 4.18. The lowest BCUT2D eigenvalue weighted by Gasteiger charge is -2.37. The van der Waals surface area contributed by atoms with Crippen LogP contribution in [0.2, 0.25) is 0 Å². The van der Waals surface area contributed by atoms with Crippen LogP contribution < -0.4 is 0 Å². The highest BCUT2D eigenvalue weighted by Crippen LogP contribution is 2.26. The first-order valence-electron chi connectivity index (χ1n) is 6.28. The summed E-state index contributed by atoms with van der Waals surface area (Å²) in [5.41, 5.74) is -0.229. The fourth-order valence-corrected chi connectivity index (χ4v) is 2.39. The number of nitrogens with zero attached hydrogens (tertiary/aromatic N) is 1. The van der Waals surface area contributed by atoms with Gasteiger partial charge < -0.3 is 4.90 Å². The summed E-state index contributed by atoms with van der Waals surface area (Å²) in [6, 6.07) is 0.510. The van der Waals surface area contributed by atoms with E-state index in [1.807, 2.05) is 20.8 Å². The average molecular weight is 211 g/mol. The quantitative estimate of drug-likeness (QED) is 0.687. The van der Waals surface area contributed by atoms with Crippen molar-refractivity contribution in [3.8, 4) is 0 Å². The summed E-state index contributed by atoms with van der Waals surface area (Å²) in [6.45, 7) is 9.00. The maximum absolute atomic E-state index is 12.2.